The summed E-state index contributed by atoms with van der Waals surface area (Å²) in [5.74, 6) is -1.39. The lowest BCUT2D eigenvalue weighted by molar-refractivity contribution is -0.133. The van der Waals surface area contributed by atoms with Crippen LogP contribution in [0, 0.1) is 5.82 Å². The normalized spacial score (nSPS) is 17.5. The standard InChI is InChI=1S/C31H48FN5O6.C2H6/c1-30(2,3)42-28(40)36-19-17-35(18-20-36)15-9-7-8-10-16-37(29(41)43-31(4,5)6)25-13-11-22(21-23(25)32)33-24-12-14-26(38)34-27(24)39;1-2/h11,13,21,24,33H,7-10,12,14-20H2,1-6H3,(H,34,38,39);1-2H3. The van der Waals surface area contributed by atoms with Gasteiger partial charge in [-0.2, -0.15) is 0 Å². The van der Waals surface area contributed by atoms with E-state index < -0.39 is 35.1 Å². The van der Waals surface area contributed by atoms with Crippen molar-refractivity contribution in [3.05, 3.63) is 24.0 Å². The lowest BCUT2D eigenvalue weighted by Gasteiger charge is -2.35. The molecule has 12 heteroatoms. The fourth-order valence-corrected chi connectivity index (χ4v) is 4.91. The topological polar surface area (TPSA) is 121 Å². The van der Waals surface area contributed by atoms with Crippen molar-refractivity contribution >= 4 is 35.4 Å². The van der Waals surface area contributed by atoms with Crippen molar-refractivity contribution in [2.45, 2.75) is 111 Å². The summed E-state index contributed by atoms with van der Waals surface area (Å²) in [6.07, 6.45) is 3.09. The molecule has 1 aromatic carbocycles. The van der Waals surface area contributed by atoms with Crippen molar-refractivity contribution in [1.82, 2.24) is 15.1 Å². The van der Waals surface area contributed by atoms with E-state index in [1.165, 1.54) is 17.0 Å². The SMILES string of the molecule is CC.CC(C)(C)OC(=O)N1CCN(CCCCCCN(C(=O)OC(C)(C)C)c2ccc(NC3CCC(=O)NC3=O)cc2F)CC1. The van der Waals surface area contributed by atoms with Crippen LogP contribution in [0.1, 0.15) is 93.9 Å². The molecule has 2 heterocycles. The lowest BCUT2D eigenvalue weighted by Crippen LogP contribution is -2.50. The molecule has 0 aromatic heterocycles. The van der Waals surface area contributed by atoms with E-state index in [9.17, 15) is 19.2 Å². The second kappa shape index (κ2) is 17.3. The number of imide groups is 1. The number of ether oxygens (including phenoxy) is 2. The molecule has 4 amide bonds. The van der Waals surface area contributed by atoms with Crippen molar-refractivity contribution in [2.75, 3.05) is 49.5 Å². The Bertz CT molecular complexity index is 1140. The maximum absolute atomic E-state index is 15.3. The highest BCUT2D eigenvalue weighted by molar-refractivity contribution is 6.01. The van der Waals surface area contributed by atoms with E-state index in [4.69, 9.17) is 9.47 Å². The predicted octanol–water partition coefficient (Wildman–Crippen LogP) is 5.92. The molecule has 0 bridgehead atoms. The molecular weight excluding hydrogens is 581 g/mol. The Hall–Kier alpha value is -3.41. The Morgan fingerprint density at radius 2 is 1.58 bits per heavy atom. The molecule has 45 heavy (non-hydrogen) atoms. The number of halogens is 1. The summed E-state index contributed by atoms with van der Waals surface area (Å²) in [7, 11) is 0. The van der Waals surface area contributed by atoms with Crippen molar-refractivity contribution < 1.29 is 33.0 Å². The summed E-state index contributed by atoms with van der Waals surface area (Å²) < 4.78 is 26.4. The molecule has 2 fully saturated rings. The van der Waals surface area contributed by atoms with E-state index in [2.05, 4.69) is 15.5 Å². The Morgan fingerprint density at radius 3 is 2.16 bits per heavy atom. The summed E-state index contributed by atoms with van der Waals surface area (Å²) in [5, 5.41) is 5.24. The lowest BCUT2D eigenvalue weighted by atomic mass is 10.1. The van der Waals surface area contributed by atoms with Crippen LogP contribution in [0.25, 0.3) is 0 Å². The van der Waals surface area contributed by atoms with E-state index in [1.807, 2.05) is 34.6 Å². The van der Waals surface area contributed by atoms with Crippen LogP contribution in [0.2, 0.25) is 0 Å². The molecule has 0 saturated carbocycles. The summed E-state index contributed by atoms with van der Waals surface area (Å²) in [6.45, 7) is 19.0. The van der Waals surface area contributed by atoms with Crippen LogP contribution in [-0.2, 0) is 19.1 Å². The number of piperazine rings is 1. The van der Waals surface area contributed by atoms with Gasteiger partial charge in [-0.1, -0.05) is 26.7 Å². The zero-order valence-electron chi connectivity index (χ0n) is 28.5. The first kappa shape index (κ1) is 37.8. The molecule has 1 unspecified atom stereocenters. The second-order valence-corrected chi connectivity index (χ2v) is 13.2. The maximum Gasteiger partial charge on any atom is 0.414 e. The number of amides is 4. The second-order valence-electron chi connectivity index (χ2n) is 13.2. The number of carbonyl (C=O) groups is 4. The van der Waals surface area contributed by atoms with E-state index in [1.54, 1.807) is 31.7 Å². The maximum atomic E-state index is 15.3. The van der Waals surface area contributed by atoms with Crippen LogP contribution in [-0.4, -0.2) is 90.3 Å². The monoisotopic (exact) mass is 635 g/mol. The van der Waals surface area contributed by atoms with Crippen molar-refractivity contribution in [3.8, 4) is 0 Å². The van der Waals surface area contributed by atoms with Crippen LogP contribution in [0.3, 0.4) is 0 Å². The third kappa shape index (κ3) is 13.2. The third-order valence-corrected chi connectivity index (χ3v) is 7.06. The number of benzene rings is 1. The first-order chi connectivity index (χ1) is 21.1. The number of piperidine rings is 1. The molecular formula is C33H54FN5O6. The van der Waals surface area contributed by atoms with Gasteiger partial charge in [-0.15, -0.1) is 0 Å². The molecule has 1 atom stereocenters. The minimum atomic E-state index is -0.743. The highest BCUT2D eigenvalue weighted by Crippen LogP contribution is 2.27. The molecule has 11 nitrogen and oxygen atoms in total. The Kier molecular flexibility index (Phi) is 14.5. The first-order valence-electron chi connectivity index (χ1n) is 16.2. The number of hydrogen-bond acceptors (Lipinski definition) is 8. The minimum absolute atomic E-state index is 0.103. The Balaban J connectivity index is 0.00000345. The molecule has 2 N–H and O–H groups in total. The van der Waals surface area contributed by atoms with Crippen LogP contribution < -0.4 is 15.5 Å². The predicted molar refractivity (Wildman–Crippen MR) is 174 cm³/mol. The highest BCUT2D eigenvalue weighted by atomic mass is 19.1. The molecule has 2 saturated heterocycles. The number of nitrogens with zero attached hydrogens (tertiary/aromatic N) is 3. The van der Waals surface area contributed by atoms with Gasteiger partial charge in [-0.3, -0.25) is 24.7 Å². The summed E-state index contributed by atoms with van der Waals surface area (Å²) >= 11 is 0. The third-order valence-electron chi connectivity index (χ3n) is 7.06. The molecule has 2 aliphatic rings. The average Bonchev–Trinajstić information content (AvgIpc) is 2.94. The molecule has 0 aliphatic carbocycles. The summed E-state index contributed by atoms with van der Waals surface area (Å²) in [6, 6.07) is 3.73. The van der Waals surface area contributed by atoms with Gasteiger partial charge in [0.1, 0.15) is 23.1 Å². The number of carbonyl (C=O) groups excluding carboxylic acids is 4. The summed E-state index contributed by atoms with van der Waals surface area (Å²) in [4.78, 5) is 54.2. The molecule has 2 aliphatic heterocycles. The average molecular weight is 636 g/mol. The molecule has 1 aromatic rings. The quantitative estimate of drug-likeness (QED) is 0.240. The van der Waals surface area contributed by atoms with Gasteiger partial charge >= 0.3 is 12.2 Å². The van der Waals surface area contributed by atoms with Gasteiger partial charge in [0.2, 0.25) is 11.8 Å². The van der Waals surface area contributed by atoms with Gasteiger partial charge in [0.25, 0.3) is 0 Å². The van der Waals surface area contributed by atoms with Crippen molar-refractivity contribution in [3.63, 3.8) is 0 Å². The Labute approximate surface area is 268 Å². The van der Waals surface area contributed by atoms with E-state index >= 15 is 4.39 Å². The molecule has 3 rings (SSSR count). The van der Waals surface area contributed by atoms with Gasteiger partial charge in [0, 0.05) is 44.8 Å². The zero-order chi connectivity index (χ0) is 33.8. The van der Waals surface area contributed by atoms with Crippen LogP contribution in [0.15, 0.2) is 18.2 Å². The van der Waals surface area contributed by atoms with Gasteiger partial charge in [-0.25, -0.2) is 14.0 Å². The molecule has 0 spiro atoms. The highest BCUT2D eigenvalue weighted by Gasteiger charge is 2.29. The van der Waals surface area contributed by atoms with Gasteiger partial charge in [0.05, 0.1) is 5.69 Å². The molecule has 0 radical (unpaired) electrons. The fraction of sp³-hybridized carbons (Fsp3) is 0.697. The number of unbranched alkanes of at least 4 members (excludes halogenated alkanes) is 3. The van der Waals surface area contributed by atoms with E-state index in [0.717, 1.165) is 38.9 Å². The zero-order valence-corrected chi connectivity index (χ0v) is 28.5. The summed E-state index contributed by atoms with van der Waals surface area (Å²) in [5.41, 5.74) is -0.762. The van der Waals surface area contributed by atoms with Crippen LogP contribution >= 0.6 is 0 Å². The Morgan fingerprint density at radius 1 is 0.956 bits per heavy atom. The smallest absolute Gasteiger partial charge is 0.414 e. The minimum Gasteiger partial charge on any atom is -0.444 e. The number of hydrogen-bond donors (Lipinski definition) is 2. The van der Waals surface area contributed by atoms with Crippen molar-refractivity contribution in [1.29, 1.82) is 0 Å². The number of rotatable bonds is 10. The molecule has 254 valence electrons. The largest absolute Gasteiger partial charge is 0.444 e. The van der Waals surface area contributed by atoms with Gasteiger partial charge in [-0.05, 0) is 85.5 Å². The van der Waals surface area contributed by atoms with Crippen molar-refractivity contribution in [2.24, 2.45) is 0 Å². The van der Waals surface area contributed by atoms with Gasteiger partial charge in [0.15, 0.2) is 0 Å². The van der Waals surface area contributed by atoms with E-state index in [0.29, 0.717) is 38.2 Å². The number of anilines is 2. The van der Waals surface area contributed by atoms with Gasteiger partial charge < -0.3 is 19.7 Å². The number of nitrogens with one attached hydrogen (secondary N) is 2. The van der Waals surface area contributed by atoms with Crippen LogP contribution in [0.5, 0.6) is 0 Å². The first-order valence-corrected chi connectivity index (χ1v) is 16.2. The van der Waals surface area contributed by atoms with Crippen LogP contribution in [0.4, 0.5) is 25.4 Å². The fourth-order valence-electron chi connectivity index (χ4n) is 4.91. The van der Waals surface area contributed by atoms with E-state index in [-0.39, 0.29) is 24.1 Å².